The Balaban J connectivity index is 3.07. The quantitative estimate of drug-likeness (QED) is 0.798. The molecule has 0 aliphatic rings. The van der Waals surface area contributed by atoms with E-state index in [0.29, 0.717) is 0 Å². The lowest BCUT2D eigenvalue weighted by Gasteiger charge is -2.21. The molecule has 0 saturated carbocycles. The van der Waals surface area contributed by atoms with Crippen LogP contribution in [0.2, 0.25) is 0 Å². The minimum atomic E-state index is -0.0523. The number of benzene rings is 1. The molecular weight excluding hydrogens is 214 g/mol. The van der Waals surface area contributed by atoms with E-state index in [1.807, 2.05) is 6.92 Å². The predicted octanol–water partition coefficient (Wildman–Crippen LogP) is 2.35. The van der Waals surface area contributed by atoms with Crippen molar-refractivity contribution in [1.82, 2.24) is 5.32 Å². The van der Waals surface area contributed by atoms with E-state index in [-0.39, 0.29) is 12.6 Å². The molecule has 1 rings (SSSR count). The first kappa shape index (κ1) is 14.0. The molecule has 0 aliphatic heterocycles. The van der Waals surface area contributed by atoms with Gasteiger partial charge in [0.2, 0.25) is 0 Å². The molecule has 96 valence electrons. The van der Waals surface area contributed by atoms with Gasteiger partial charge >= 0.3 is 0 Å². The highest BCUT2D eigenvalue weighted by Crippen LogP contribution is 2.30. The van der Waals surface area contributed by atoms with Crippen molar-refractivity contribution in [3.05, 3.63) is 28.8 Å². The third-order valence-corrected chi connectivity index (χ3v) is 2.85. The number of aliphatic hydroxyl groups excluding tert-OH is 1. The summed E-state index contributed by atoms with van der Waals surface area (Å²) in [6.45, 7) is 7.18. The van der Waals surface area contributed by atoms with Gasteiger partial charge < -0.3 is 15.2 Å². The molecule has 0 aliphatic carbocycles. The molecule has 0 saturated heterocycles. The summed E-state index contributed by atoms with van der Waals surface area (Å²) in [5, 5.41) is 12.8. The summed E-state index contributed by atoms with van der Waals surface area (Å²) in [5.41, 5.74) is 3.34. The Hall–Kier alpha value is -1.06. The van der Waals surface area contributed by atoms with Crippen LogP contribution in [-0.4, -0.2) is 25.4 Å². The third kappa shape index (κ3) is 3.45. The van der Waals surface area contributed by atoms with Crippen LogP contribution in [0, 0.1) is 13.8 Å². The summed E-state index contributed by atoms with van der Waals surface area (Å²) in [7, 11) is 1.68. The third-order valence-electron chi connectivity index (χ3n) is 2.85. The van der Waals surface area contributed by atoms with Crippen molar-refractivity contribution in [3.8, 4) is 5.75 Å². The van der Waals surface area contributed by atoms with Crippen molar-refractivity contribution in [2.75, 3.05) is 20.3 Å². The standard InChI is InChI=1S/C14H23NO2/c1-5-6-15-13(9-16)12-8-10(2)7-11(3)14(12)17-4/h7-8,13,15-16H,5-6,9H2,1-4H3. The summed E-state index contributed by atoms with van der Waals surface area (Å²) in [6, 6.07) is 4.12. The van der Waals surface area contributed by atoms with Gasteiger partial charge in [-0.2, -0.15) is 0 Å². The van der Waals surface area contributed by atoms with E-state index in [1.165, 1.54) is 5.56 Å². The Morgan fingerprint density at radius 2 is 2.06 bits per heavy atom. The van der Waals surface area contributed by atoms with Crippen molar-refractivity contribution in [1.29, 1.82) is 0 Å². The molecule has 1 aromatic carbocycles. The van der Waals surface area contributed by atoms with Crippen molar-refractivity contribution in [3.63, 3.8) is 0 Å². The van der Waals surface area contributed by atoms with Gasteiger partial charge in [-0.05, 0) is 32.4 Å². The molecule has 1 aromatic rings. The van der Waals surface area contributed by atoms with Gasteiger partial charge in [0.05, 0.1) is 19.8 Å². The zero-order valence-corrected chi connectivity index (χ0v) is 11.2. The van der Waals surface area contributed by atoms with Crippen LogP contribution < -0.4 is 10.1 Å². The molecular formula is C14H23NO2. The van der Waals surface area contributed by atoms with Crippen molar-refractivity contribution < 1.29 is 9.84 Å². The molecule has 0 fully saturated rings. The van der Waals surface area contributed by atoms with Crippen LogP contribution in [0.5, 0.6) is 5.75 Å². The molecule has 1 atom stereocenters. The normalized spacial score (nSPS) is 12.5. The number of rotatable bonds is 6. The van der Waals surface area contributed by atoms with Crippen LogP contribution in [0.25, 0.3) is 0 Å². The molecule has 0 bridgehead atoms. The minimum Gasteiger partial charge on any atom is -0.496 e. The Morgan fingerprint density at radius 3 is 2.59 bits per heavy atom. The smallest absolute Gasteiger partial charge is 0.126 e. The summed E-state index contributed by atoms with van der Waals surface area (Å²) in [5.74, 6) is 0.873. The number of hydrogen-bond donors (Lipinski definition) is 2. The highest BCUT2D eigenvalue weighted by Gasteiger charge is 2.16. The lowest BCUT2D eigenvalue weighted by Crippen LogP contribution is -2.25. The van der Waals surface area contributed by atoms with E-state index in [0.717, 1.165) is 29.8 Å². The lowest BCUT2D eigenvalue weighted by molar-refractivity contribution is 0.241. The average Bonchev–Trinajstić information content (AvgIpc) is 2.29. The van der Waals surface area contributed by atoms with E-state index < -0.39 is 0 Å². The Morgan fingerprint density at radius 1 is 1.35 bits per heavy atom. The van der Waals surface area contributed by atoms with Gasteiger partial charge in [0.25, 0.3) is 0 Å². The SMILES string of the molecule is CCCNC(CO)c1cc(C)cc(C)c1OC. The first-order valence-electron chi connectivity index (χ1n) is 6.13. The molecule has 0 heterocycles. The number of hydrogen-bond acceptors (Lipinski definition) is 3. The highest BCUT2D eigenvalue weighted by molar-refractivity contribution is 5.45. The fraction of sp³-hybridized carbons (Fsp3) is 0.571. The first-order chi connectivity index (χ1) is 8.13. The van der Waals surface area contributed by atoms with Crippen LogP contribution in [0.4, 0.5) is 0 Å². The Kier molecular flexibility index (Phi) is 5.45. The summed E-state index contributed by atoms with van der Waals surface area (Å²) in [6.07, 6.45) is 1.05. The van der Waals surface area contributed by atoms with E-state index in [2.05, 4.69) is 31.3 Å². The van der Waals surface area contributed by atoms with Crippen LogP contribution in [0.1, 0.15) is 36.1 Å². The fourth-order valence-corrected chi connectivity index (χ4v) is 2.12. The number of nitrogens with one attached hydrogen (secondary N) is 1. The zero-order chi connectivity index (χ0) is 12.8. The van der Waals surface area contributed by atoms with Gasteiger partial charge in [-0.1, -0.05) is 24.6 Å². The lowest BCUT2D eigenvalue weighted by atomic mass is 10.00. The Labute approximate surface area is 104 Å². The number of ether oxygens (including phenoxy) is 1. The maximum absolute atomic E-state index is 9.49. The summed E-state index contributed by atoms with van der Waals surface area (Å²) in [4.78, 5) is 0. The van der Waals surface area contributed by atoms with Crippen LogP contribution >= 0.6 is 0 Å². The summed E-state index contributed by atoms with van der Waals surface area (Å²) < 4.78 is 5.44. The van der Waals surface area contributed by atoms with Crippen LogP contribution in [-0.2, 0) is 0 Å². The van der Waals surface area contributed by atoms with Gasteiger partial charge in [-0.3, -0.25) is 0 Å². The van der Waals surface area contributed by atoms with E-state index in [4.69, 9.17) is 4.74 Å². The van der Waals surface area contributed by atoms with Crippen molar-refractivity contribution in [2.24, 2.45) is 0 Å². The predicted molar refractivity (Wildman–Crippen MR) is 70.6 cm³/mol. The molecule has 0 radical (unpaired) electrons. The van der Waals surface area contributed by atoms with E-state index in [1.54, 1.807) is 7.11 Å². The molecule has 3 heteroatoms. The topological polar surface area (TPSA) is 41.5 Å². The second-order valence-corrected chi connectivity index (χ2v) is 4.39. The van der Waals surface area contributed by atoms with Crippen LogP contribution in [0.3, 0.4) is 0 Å². The Bertz CT molecular complexity index is 363. The number of aliphatic hydroxyl groups is 1. The molecule has 0 spiro atoms. The highest BCUT2D eigenvalue weighted by atomic mass is 16.5. The maximum Gasteiger partial charge on any atom is 0.126 e. The van der Waals surface area contributed by atoms with Gasteiger partial charge in [0.1, 0.15) is 5.75 Å². The molecule has 17 heavy (non-hydrogen) atoms. The van der Waals surface area contributed by atoms with Crippen LogP contribution in [0.15, 0.2) is 12.1 Å². The van der Waals surface area contributed by atoms with Gasteiger partial charge in [0, 0.05) is 5.56 Å². The van der Waals surface area contributed by atoms with E-state index in [9.17, 15) is 5.11 Å². The average molecular weight is 237 g/mol. The molecule has 0 amide bonds. The van der Waals surface area contributed by atoms with Gasteiger partial charge in [-0.25, -0.2) is 0 Å². The van der Waals surface area contributed by atoms with Crippen molar-refractivity contribution in [2.45, 2.75) is 33.2 Å². The number of methoxy groups -OCH3 is 1. The molecule has 0 aromatic heterocycles. The molecule has 2 N–H and O–H groups in total. The molecule has 3 nitrogen and oxygen atoms in total. The minimum absolute atomic E-state index is 0.0523. The first-order valence-corrected chi connectivity index (χ1v) is 6.13. The largest absolute Gasteiger partial charge is 0.496 e. The molecule has 1 unspecified atom stereocenters. The number of aryl methyl sites for hydroxylation is 2. The van der Waals surface area contributed by atoms with Gasteiger partial charge in [0.15, 0.2) is 0 Å². The fourth-order valence-electron chi connectivity index (χ4n) is 2.12. The maximum atomic E-state index is 9.49. The van der Waals surface area contributed by atoms with Crippen molar-refractivity contribution >= 4 is 0 Å². The zero-order valence-electron chi connectivity index (χ0n) is 11.2. The summed E-state index contributed by atoms with van der Waals surface area (Å²) >= 11 is 0. The van der Waals surface area contributed by atoms with Gasteiger partial charge in [-0.15, -0.1) is 0 Å². The van der Waals surface area contributed by atoms with E-state index >= 15 is 0 Å². The monoisotopic (exact) mass is 237 g/mol. The second-order valence-electron chi connectivity index (χ2n) is 4.39. The second kappa shape index (κ2) is 6.62.